The molecule has 0 bridgehead atoms. The van der Waals surface area contributed by atoms with E-state index in [1.54, 1.807) is 0 Å². The molecule has 2 rings (SSSR count). The van der Waals surface area contributed by atoms with Gasteiger partial charge in [0.15, 0.2) is 6.10 Å². The first kappa shape index (κ1) is 22.5. The van der Waals surface area contributed by atoms with E-state index in [2.05, 4.69) is 5.32 Å². The number of hydrogen-bond donors (Lipinski definition) is 1. The number of amides is 1. The van der Waals surface area contributed by atoms with Gasteiger partial charge in [-0.2, -0.15) is 4.31 Å². The van der Waals surface area contributed by atoms with Gasteiger partial charge in [-0.1, -0.05) is 18.2 Å². The zero-order valence-electron chi connectivity index (χ0n) is 16.6. The number of carbonyl (C=O) groups excluding carboxylic acids is 2. The van der Waals surface area contributed by atoms with E-state index in [1.807, 2.05) is 32.0 Å². The van der Waals surface area contributed by atoms with Gasteiger partial charge in [0.25, 0.3) is 5.91 Å². The Balaban J connectivity index is 1.98. The molecule has 1 amide bonds. The van der Waals surface area contributed by atoms with Gasteiger partial charge in [0.1, 0.15) is 12.4 Å². The normalized spacial score (nSPS) is 12.5. The fourth-order valence-corrected chi connectivity index (χ4v) is 3.69. The SMILES string of the molecule is Cc1cccc(C)c1NC(=O)C(C)OC(=O)CN(C)S(=O)(=O)c1ccc(F)cc1. The quantitative estimate of drug-likeness (QED) is 0.693. The van der Waals surface area contributed by atoms with Crippen LogP contribution in [-0.4, -0.2) is 44.3 Å². The Labute approximate surface area is 169 Å². The van der Waals surface area contributed by atoms with Crippen molar-refractivity contribution in [3.8, 4) is 0 Å². The number of para-hydroxylation sites is 1. The third kappa shape index (κ3) is 5.61. The largest absolute Gasteiger partial charge is 0.452 e. The summed E-state index contributed by atoms with van der Waals surface area (Å²) in [7, 11) is -2.81. The summed E-state index contributed by atoms with van der Waals surface area (Å²) in [5.74, 6) is -1.99. The minimum Gasteiger partial charge on any atom is -0.452 e. The molecule has 0 aromatic heterocycles. The van der Waals surface area contributed by atoms with Gasteiger partial charge in [0.05, 0.1) is 4.90 Å². The molecule has 2 aromatic rings. The van der Waals surface area contributed by atoms with Crippen molar-refractivity contribution in [1.82, 2.24) is 4.31 Å². The molecular weight excluding hydrogens is 399 g/mol. The summed E-state index contributed by atoms with van der Waals surface area (Å²) in [6.45, 7) is 4.49. The maximum atomic E-state index is 13.0. The van der Waals surface area contributed by atoms with Crippen LogP contribution in [0.15, 0.2) is 47.4 Å². The van der Waals surface area contributed by atoms with Crippen LogP contribution in [0.25, 0.3) is 0 Å². The topological polar surface area (TPSA) is 92.8 Å². The number of nitrogens with zero attached hydrogens (tertiary/aromatic N) is 1. The van der Waals surface area contributed by atoms with Crippen LogP contribution in [0.2, 0.25) is 0 Å². The molecule has 9 heteroatoms. The van der Waals surface area contributed by atoms with Crippen molar-refractivity contribution >= 4 is 27.6 Å². The molecular formula is C20H23FN2O5S. The van der Waals surface area contributed by atoms with E-state index in [9.17, 15) is 22.4 Å². The highest BCUT2D eigenvalue weighted by molar-refractivity contribution is 7.89. The van der Waals surface area contributed by atoms with Crippen LogP contribution < -0.4 is 5.32 Å². The van der Waals surface area contributed by atoms with Crippen LogP contribution in [0, 0.1) is 19.7 Å². The van der Waals surface area contributed by atoms with Gasteiger partial charge in [0, 0.05) is 12.7 Å². The number of likely N-dealkylation sites (N-methyl/N-ethyl adjacent to an activating group) is 1. The van der Waals surface area contributed by atoms with Crippen molar-refractivity contribution in [2.45, 2.75) is 31.8 Å². The second kappa shape index (κ2) is 9.15. The van der Waals surface area contributed by atoms with E-state index >= 15 is 0 Å². The Morgan fingerprint density at radius 3 is 2.21 bits per heavy atom. The highest BCUT2D eigenvalue weighted by Crippen LogP contribution is 2.20. The maximum Gasteiger partial charge on any atom is 0.322 e. The van der Waals surface area contributed by atoms with Crippen molar-refractivity contribution in [3.63, 3.8) is 0 Å². The lowest BCUT2D eigenvalue weighted by molar-refractivity contribution is -0.153. The van der Waals surface area contributed by atoms with Crippen molar-refractivity contribution in [2.75, 3.05) is 18.9 Å². The number of sulfonamides is 1. The standard InChI is InChI=1S/C20H23FN2O5S/c1-13-6-5-7-14(2)19(13)22-20(25)15(3)28-18(24)12-23(4)29(26,27)17-10-8-16(21)9-11-17/h5-11,15H,12H2,1-4H3,(H,22,25). The predicted molar refractivity (Wildman–Crippen MR) is 106 cm³/mol. The fourth-order valence-electron chi connectivity index (χ4n) is 2.58. The van der Waals surface area contributed by atoms with E-state index in [-0.39, 0.29) is 4.90 Å². The number of carbonyl (C=O) groups is 2. The maximum absolute atomic E-state index is 13.0. The molecule has 156 valence electrons. The first-order valence-electron chi connectivity index (χ1n) is 8.81. The third-order valence-corrected chi connectivity index (χ3v) is 6.10. The molecule has 0 aliphatic rings. The average Bonchev–Trinajstić information content (AvgIpc) is 2.64. The van der Waals surface area contributed by atoms with Crippen LogP contribution in [0.1, 0.15) is 18.1 Å². The summed E-state index contributed by atoms with van der Waals surface area (Å²) in [5, 5.41) is 2.71. The molecule has 0 saturated carbocycles. The molecule has 0 aliphatic carbocycles. The minimum atomic E-state index is -4.00. The van der Waals surface area contributed by atoms with Crippen LogP contribution in [0.5, 0.6) is 0 Å². The van der Waals surface area contributed by atoms with Gasteiger partial charge < -0.3 is 10.1 Å². The molecule has 1 N–H and O–H groups in total. The van der Waals surface area contributed by atoms with Gasteiger partial charge in [-0.05, 0) is 56.2 Å². The molecule has 0 fully saturated rings. The number of aryl methyl sites for hydroxylation is 2. The number of halogens is 1. The summed E-state index contributed by atoms with van der Waals surface area (Å²) in [6, 6.07) is 9.78. The van der Waals surface area contributed by atoms with E-state index in [0.717, 1.165) is 39.7 Å². The van der Waals surface area contributed by atoms with Crippen molar-refractivity contribution in [2.24, 2.45) is 0 Å². The summed E-state index contributed by atoms with van der Waals surface area (Å²) >= 11 is 0. The van der Waals surface area contributed by atoms with Gasteiger partial charge in [-0.25, -0.2) is 12.8 Å². The van der Waals surface area contributed by atoms with Crippen molar-refractivity contribution in [1.29, 1.82) is 0 Å². The predicted octanol–water partition coefficient (Wildman–Crippen LogP) is 2.63. The summed E-state index contributed by atoms with van der Waals surface area (Å²) in [6.07, 6.45) is -1.12. The van der Waals surface area contributed by atoms with Gasteiger partial charge in [0.2, 0.25) is 10.0 Å². The van der Waals surface area contributed by atoms with Gasteiger partial charge in [-0.3, -0.25) is 9.59 Å². The minimum absolute atomic E-state index is 0.157. The molecule has 0 spiro atoms. The van der Waals surface area contributed by atoms with Crippen LogP contribution in [0.4, 0.5) is 10.1 Å². The Hall–Kier alpha value is -2.78. The third-order valence-electron chi connectivity index (χ3n) is 4.28. The smallest absolute Gasteiger partial charge is 0.322 e. The Morgan fingerprint density at radius 1 is 1.10 bits per heavy atom. The molecule has 0 radical (unpaired) electrons. The summed E-state index contributed by atoms with van der Waals surface area (Å²) < 4.78 is 43.7. The highest BCUT2D eigenvalue weighted by Gasteiger charge is 2.26. The molecule has 1 atom stereocenters. The van der Waals surface area contributed by atoms with E-state index < -0.39 is 40.4 Å². The first-order valence-corrected chi connectivity index (χ1v) is 10.2. The molecule has 0 heterocycles. The Bertz CT molecular complexity index is 986. The highest BCUT2D eigenvalue weighted by atomic mass is 32.2. The van der Waals surface area contributed by atoms with Crippen LogP contribution >= 0.6 is 0 Å². The van der Waals surface area contributed by atoms with Crippen LogP contribution in [0.3, 0.4) is 0 Å². The number of esters is 1. The zero-order chi connectivity index (χ0) is 21.8. The first-order chi connectivity index (χ1) is 13.5. The lowest BCUT2D eigenvalue weighted by atomic mass is 10.1. The molecule has 2 aromatic carbocycles. The second-order valence-electron chi connectivity index (χ2n) is 6.60. The number of anilines is 1. The molecule has 1 unspecified atom stereocenters. The lowest BCUT2D eigenvalue weighted by Gasteiger charge is -2.19. The number of rotatable bonds is 7. The number of benzene rings is 2. The lowest BCUT2D eigenvalue weighted by Crippen LogP contribution is -2.37. The van der Waals surface area contributed by atoms with Gasteiger partial charge in [-0.15, -0.1) is 0 Å². The monoisotopic (exact) mass is 422 g/mol. The Morgan fingerprint density at radius 2 is 1.66 bits per heavy atom. The molecule has 0 aliphatic heterocycles. The van der Waals surface area contributed by atoms with Crippen molar-refractivity contribution in [3.05, 3.63) is 59.4 Å². The van der Waals surface area contributed by atoms with Crippen molar-refractivity contribution < 1.29 is 27.1 Å². The van der Waals surface area contributed by atoms with E-state index in [0.29, 0.717) is 5.69 Å². The number of ether oxygens (including phenoxy) is 1. The second-order valence-corrected chi connectivity index (χ2v) is 8.65. The van der Waals surface area contributed by atoms with Crippen LogP contribution in [-0.2, 0) is 24.3 Å². The molecule has 0 saturated heterocycles. The fraction of sp³-hybridized carbons (Fsp3) is 0.300. The summed E-state index contributed by atoms with van der Waals surface area (Å²) in [5.41, 5.74) is 2.36. The zero-order valence-corrected chi connectivity index (χ0v) is 17.4. The number of nitrogens with one attached hydrogen (secondary N) is 1. The summed E-state index contributed by atoms with van der Waals surface area (Å²) in [4.78, 5) is 24.3. The van der Waals surface area contributed by atoms with E-state index in [1.165, 1.54) is 14.0 Å². The van der Waals surface area contributed by atoms with Gasteiger partial charge >= 0.3 is 5.97 Å². The molecule has 29 heavy (non-hydrogen) atoms. The average molecular weight is 422 g/mol. The number of hydrogen-bond acceptors (Lipinski definition) is 5. The van der Waals surface area contributed by atoms with E-state index in [4.69, 9.17) is 4.74 Å². The molecule has 7 nitrogen and oxygen atoms in total. The Kier molecular flexibility index (Phi) is 7.10.